The first-order chi connectivity index (χ1) is 9.65. The molecular weight excluding hydrogens is 276 g/mol. The van der Waals surface area contributed by atoms with Gasteiger partial charge in [-0.25, -0.2) is 9.97 Å². The van der Waals surface area contributed by atoms with Crippen LogP contribution in [0.1, 0.15) is 10.4 Å². The lowest BCUT2D eigenvalue weighted by Crippen LogP contribution is -2.17. The third-order valence-electron chi connectivity index (χ3n) is 2.32. The zero-order chi connectivity index (χ0) is 14.4. The van der Waals surface area contributed by atoms with Crippen molar-refractivity contribution in [2.45, 2.75) is 0 Å². The molecule has 0 aliphatic carbocycles. The number of rotatable bonds is 5. The van der Waals surface area contributed by atoms with Crippen molar-refractivity contribution >= 4 is 28.8 Å². The van der Waals surface area contributed by atoms with Gasteiger partial charge in [0.2, 0.25) is 0 Å². The molecule has 102 valence electrons. The van der Waals surface area contributed by atoms with Crippen molar-refractivity contribution in [1.82, 2.24) is 9.97 Å². The fraction of sp³-hybridized carbons (Fsp3) is 0.0769. The number of nitrogens with zero attached hydrogens (tertiary/aromatic N) is 2. The summed E-state index contributed by atoms with van der Waals surface area (Å²) in [6, 6.07) is 6.87. The maximum absolute atomic E-state index is 11.9. The lowest BCUT2D eigenvalue weighted by Gasteiger charge is -2.07. The summed E-state index contributed by atoms with van der Waals surface area (Å²) in [5.74, 6) is 0.348. The van der Waals surface area contributed by atoms with Gasteiger partial charge in [0, 0.05) is 18.1 Å². The molecule has 1 aromatic heterocycles. The SMILES string of the molecule is NC(=S)COc1ccc(NC(=O)c2cncnc2)cc1. The Labute approximate surface area is 121 Å². The first-order valence-electron chi connectivity index (χ1n) is 5.72. The van der Waals surface area contributed by atoms with Gasteiger partial charge in [0.15, 0.2) is 0 Å². The molecule has 2 aromatic rings. The number of benzene rings is 1. The molecule has 0 radical (unpaired) electrons. The quantitative estimate of drug-likeness (QED) is 0.808. The van der Waals surface area contributed by atoms with Gasteiger partial charge < -0.3 is 15.8 Å². The average molecular weight is 288 g/mol. The molecule has 1 heterocycles. The molecule has 0 saturated heterocycles. The normalized spacial score (nSPS) is 9.80. The van der Waals surface area contributed by atoms with Crippen molar-refractivity contribution in [3.8, 4) is 5.75 Å². The highest BCUT2D eigenvalue weighted by Gasteiger charge is 2.06. The maximum atomic E-state index is 11.9. The van der Waals surface area contributed by atoms with E-state index < -0.39 is 0 Å². The number of amides is 1. The van der Waals surface area contributed by atoms with Crippen LogP contribution in [-0.4, -0.2) is 27.5 Å². The molecule has 3 N–H and O–H groups in total. The van der Waals surface area contributed by atoms with Crippen molar-refractivity contribution < 1.29 is 9.53 Å². The number of thiocarbonyl (C=S) groups is 1. The van der Waals surface area contributed by atoms with Crippen LogP contribution >= 0.6 is 12.2 Å². The van der Waals surface area contributed by atoms with Crippen LogP contribution in [0.4, 0.5) is 5.69 Å². The summed E-state index contributed by atoms with van der Waals surface area (Å²) in [4.78, 5) is 19.7. The van der Waals surface area contributed by atoms with Crippen LogP contribution in [-0.2, 0) is 0 Å². The molecular formula is C13H12N4O2S. The topological polar surface area (TPSA) is 90.1 Å². The lowest BCUT2D eigenvalue weighted by molar-refractivity contribution is 0.102. The van der Waals surface area contributed by atoms with Gasteiger partial charge in [0.1, 0.15) is 23.7 Å². The Bertz CT molecular complexity index is 602. The van der Waals surface area contributed by atoms with Gasteiger partial charge in [0.25, 0.3) is 5.91 Å². The Hall–Kier alpha value is -2.54. The summed E-state index contributed by atoms with van der Waals surface area (Å²) in [5.41, 5.74) is 6.37. The Morgan fingerprint density at radius 1 is 1.25 bits per heavy atom. The van der Waals surface area contributed by atoms with Crippen LogP contribution in [0, 0.1) is 0 Å². The second kappa shape index (κ2) is 6.58. The molecule has 2 rings (SSSR count). The van der Waals surface area contributed by atoms with E-state index in [-0.39, 0.29) is 17.5 Å². The molecule has 20 heavy (non-hydrogen) atoms. The molecule has 6 nitrogen and oxygen atoms in total. The molecule has 1 amide bonds. The molecule has 1 aromatic carbocycles. The number of ether oxygens (including phenoxy) is 1. The van der Waals surface area contributed by atoms with Crippen LogP contribution in [0.15, 0.2) is 43.0 Å². The highest BCUT2D eigenvalue weighted by Crippen LogP contribution is 2.16. The highest BCUT2D eigenvalue weighted by molar-refractivity contribution is 7.80. The van der Waals surface area contributed by atoms with E-state index in [2.05, 4.69) is 15.3 Å². The van der Waals surface area contributed by atoms with E-state index >= 15 is 0 Å². The van der Waals surface area contributed by atoms with Gasteiger partial charge in [-0.3, -0.25) is 4.79 Å². The molecule has 0 aliphatic heterocycles. The summed E-state index contributed by atoms with van der Waals surface area (Å²) in [7, 11) is 0. The third kappa shape index (κ3) is 3.99. The van der Waals surface area contributed by atoms with E-state index in [1.165, 1.54) is 18.7 Å². The number of nitrogens with two attached hydrogens (primary N) is 1. The van der Waals surface area contributed by atoms with E-state index in [9.17, 15) is 4.79 Å². The first kappa shape index (κ1) is 13.9. The number of hydrogen-bond acceptors (Lipinski definition) is 5. The minimum absolute atomic E-state index is 0.183. The Balaban J connectivity index is 1.97. The Morgan fingerprint density at radius 2 is 1.90 bits per heavy atom. The number of carbonyl (C=O) groups is 1. The Kier molecular flexibility index (Phi) is 4.56. The standard InChI is InChI=1S/C13H12N4O2S/c14-12(20)7-19-11-3-1-10(2-4-11)17-13(18)9-5-15-8-16-6-9/h1-6,8H,7H2,(H2,14,20)(H,17,18). The molecule has 0 aliphatic rings. The fourth-order valence-electron chi connectivity index (χ4n) is 1.41. The molecule has 0 atom stereocenters. The third-order valence-corrected chi connectivity index (χ3v) is 2.43. The monoisotopic (exact) mass is 288 g/mol. The van der Waals surface area contributed by atoms with Crippen molar-refractivity contribution in [3.05, 3.63) is 48.5 Å². The highest BCUT2D eigenvalue weighted by atomic mass is 32.1. The predicted octanol–water partition coefficient (Wildman–Crippen LogP) is 1.39. The zero-order valence-corrected chi connectivity index (χ0v) is 11.3. The number of nitrogens with one attached hydrogen (secondary N) is 1. The van der Waals surface area contributed by atoms with Crippen molar-refractivity contribution in [3.63, 3.8) is 0 Å². The van der Waals surface area contributed by atoms with Crippen LogP contribution in [0.5, 0.6) is 5.75 Å². The summed E-state index contributed by atoms with van der Waals surface area (Å²) in [6.07, 6.45) is 4.26. The molecule has 0 fully saturated rings. The summed E-state index contributed by atoms with van der Waals surface area (Å²) < 4.78 is 5.31. The second-order valence-electron chi connectivity index (χ2n) is 3.86. The number of aromatic nitrogens is 2. The van der Waals surface area contributed by atoms with Crippen molar-refractivity contribution in [1.29, 1.82) is 0 Å². The minimum atomic E-state index is -0.276. The minimum Gasteiger partial charge on any atom is -0.487 e. The molecule has 0 unspecified atom stereocenters. The number of carbonyl (C=O) groups excluding carboxylic acids is 1. The summed E-state index contributed by atoms with van der Waals surface area (Å²) in [5, 5.41) is 2.73. The van der Waals surface area contributed by atoms with E-state index in [0.717, 1.165) is 0 Å². The fourth-order valence-corrected chi connectivity index (χ4v) is 1.47. The van der Waals surface area contributed by atoms with E-state index in [1.54, 1.807) is 24.3 Å². The zero-order valence-electron chi connectivity index (χ0n) is 10.4. The van der Waals surface area contributed by atoms with Gasteiger partial charge in [0.05, 0.1) is 5.56 Å². The van der Waals surface area contributed by atoms with Gasteiger partial charge in [-0.15, -0.1) is 0 Å². The van der Waals surface area contributed by atoms with E-state index in [1.807, 2.05) is 0 Å². The maximum Gasteiger partial charge on any atom is 0.258 e. The number of hydrogen-bond donors (Lipinski definition) is 2. The smallest absolute Gasteiger partial charge is 0.258 e. The Morgan fingerprint density at radius 3 is 2.50 bits per heavy atom. The molecule has 0 bridgehead atoms. The predicted molar refractivity (Wildman–Crippen MR) is 78.7 cm³/mol. The van der Waals surface area contributed by atoms with E-state index in [0.29, 0.717) is 17.0 Å². The largest absolute Gasteiger partial charge is 0.487 e. The molecule has 0 spiro atoms. The van der Waals surface area contributed by atoms with Crippen molar-refractivity contribution in [2.75, 3.05) is 11.9 Å². The lowest BCUT2D eigenvalue weighted by atomic mass is 10.2. The van der Waals surface area contributed by atoms with Crippen LogP contribution < -0.4 is 15.8 Å². The van der Waals surface area contributed by atoms with Gasteiger partial charge in [-0.1, -0.05) is 12.2 Å². The molecule has 7 heteroatoms. The van der Waals surface area contributed by atoms with Crippen molar-refractivity contribution in [2.24, 2.45) is 5.73 Å². The van der Waals surface area contributed by atoms with Gasteiger partial charge in [-0.05, 0) is 24.3 Å². The van der Waals surface area contributed by atoms with E-state index in [4.69, 9.17) is 22.7 Å². The number of anilines is 1. The van der Waals surface area contributed by atoms with Crippen LogP contribution in [0.3, 0.4) is 0 Å². The second-order valence-corrected chi connectivity index (χ2v) is 4.39. The van der Waals surface area contributed by atoms with Gasteiger partial charge in [-0.2, -0.15) is 0 Å². The first-order valence-corrected chi connectivity index (χ1v) is 6.13. The average Bonchev–Trinajstić information content (AvgIpc) is 2.47. The molecule has 0 saturated carbocycles. The van der Waals surface area contributed by atoms with Gasteiger partial charge >= 0.3 is 0 Å². The van der Waals surface area contributed by atoms with Crippen LogP contribution in [0.25, 0.3) is 0 Å². The summed E-state index contributed by atoms with van der Waals surface area (Å²) >= 11 is 4.72. The van der Waals surface area contributed by atoms with Crippen LogP contribution in [0.2, 0.25) is 0 Å². The summed E-state index contributed by atoms with van der Waals surface area (Å²) in [6.45, 7) is 0.183.